The van der Waals surface area contributed by atoms with Crippen LogP contribution in [-0.2, 0) is 0 Å². The minimum Gasteiger partial charge on any atom is -0.478 e. The van der Waals surface area contributed by atoms with Crippen molar-refractivity contribution in [1.82, 2.24) is 0 Å². The van der Waals surface area contributed by atoms with Gasteiger partial charge in [0, 0.05) is 15.7 Å². The van der Waals surface area contributed by atoms with Crippen molar-refractivity contribution in [1.29, 1.82) is 0 Å². The number of carbonyl (C=O) groups is 1. The number of rotatable bonds is 2. The lowest BCUT2D eigenvalue weighted by Gasteiger charge is -2.38. The van der Waals surface area contributed by atoms with E-state index in [1.165, 1.54) is 0 Å². The maximum absolute atomic E-state index is 11.3. The summed E-state index contributed by atoms with van der Waals surface area (Å²) in [4.78, 5) is 11.3. The number of hydrogen-bond donors (Lipinski definition) is 2. The van der Waals surface area contributed by atoms with Crippen LogP contribution in [-0.4, -0.2) is 11.1 Å². The lowest BCUT2D eigenvalue weighted by molar-refractivity contribution is 0.0696. The van der Waals surface area contributed by atoms with Crippen LogP contribution >= 0.6 is 23.2 Å². The van der Waals surface area contributed by atoms with Crippen LogP contribution in [0.4, 0.5) is 5.69 Å². The number of nitrogens with one attached hydrogen (secondary N) is 1. The predicted octanol–water partition coefficient (Wildman–Crippen LogP) is 5.74. The molecule has 2 N–H and O–H groups in total. The van der Waals surface area contributed by atoms with Crippen LogP contribution in [0.3, 0.4) is 0 Å². The fourth-order valence-electron chi connectivity index (χ4n) is 4.24. The molecule has 0 saturated heterocycles. The van der Waals surface area contributed by atoms with Gasteiger partial charge in [-0.05, 0) is 66.1 Å². The molecule has 1 saturated carbocycles. The fraction of sp³-hybridized carbons (Fsp3) is 0.316. The number of aromatic carboxylic acids is 1. The van der Waals surface area contributed by atoms with Crippen LogP contribution in [0.25, 0.3) is 0 Å². The molecule has 24 heavy (non-hydrogen) atoms. The van der Waals surface area contributed by atoms with E-state index in [9.17, 15) is 9.90 Å². The molecule has 1 heterocycles. The first-order chi connectivity index (χ1) is 11.5. The smallest absolute Gasteiger partial charge is 0.335 e. The Labute approximate surface area is 150 Å². The molecule has 1 fully saturated rings. The van der Waals surface area contributed by atoms with Crippen LogP contribution in [0.15, 0.2) is 36.4 Å². The van der Waals surface area contributed by atoms with Gasteiger partial charge in [-0.15, -0.1) is 0 Å². The number of fused-ring (bicyclic) bond motifs is 3. The molecule has 0 aromatic heterocycles. The number of anilines is 1. The van der Waals surface area contributed by atoms with Gasteiger partial charge in [0.05, 0.1) is 11.6 Å². The molecule has 1 aliphatic carbocycles. The fourth-order valence-corrected chi connectivity index (χ4v) is 4.77. The van der Waals surface area contributed by atoms with Gasteiger partial charge in [0.1, 0.15) is 0 Å². The molecule has 1 aliphatic heterocycles. The van der Waals surface area contributed by atoms with Crippen molar-refractivity contribution in [3.05, 3.63) is 63.1 Å². The molecule has 0 unspecified atom stereocenters. The normalized spacial score (nSPS) is 24.8. The second kappa shape index (κ2) is 5.98. The standard InChI is InChI=1S/C19H17Cl2NO2/c20-11-5-6-14(16(21)9-11)18-13-3-1-2-12(13)15-8-10(19(23)24)4-7-17(15)22-18/h4-9,12-13,18,22H,1-3H2,(H,23,24)/t12-,13+,18+/m1/s1. The third-order valence-corrected chi connectivity index (χ3v) is 5.87. The van der Waals surface area contributed by atoms with Crippen molar-refractivity contribution in [3.63, 3.8) is 0 Å². The van der Waals surface area contributed by atoms with Gasteiger partial charge in [0.2, 0.25) is 0 Å². The Balaban J connectivity index is 1.78. The lowest BCUT2D eigenvalue weighted by Crippen LogP contribution is -2.29. The van der Waals surface area contributed by atoms with E-state index in [2.05, 4.69) is 5.32 Å². The van der Waals surface area contributed by atoms with Crippen molar-refractivity contribution in [2.45, 2.75) is 31.2 Å². The van der Waals surface area contributed by atoms with Gasteiger partial charge in [-0.1, -0.05) is 35.7 Å². The Hall–Kier alpha value is -1.71. The van der Waals surface area contributed by atoms with Crippen LogP contribution in [0, 0.1) is 5.92 Å². The molecular weight excluding hydrogens is 345 g/mol. The minimum atomic E-state index is -0.879. The second-order valence-electron chi connectivity index (χ2n) is 6.60. The topological polar surface area (TPSA) is 49.3 Å². The van der Waals surface area contributed by atoms with E-state index >= 15 is 0 Å². The van der Waals surface area contributed by atoms with Crippen molar-refractivity contribution in [3.8, 4) is 0 Å². The van der Waals surface area contributed by atoms with E-state index in [-0.39, 0.29) is 6.04 Å². The first-order valence-corrected chi connectivity index (χ1v) is 8.89. The van der Waals surface area contributed by atoms with Gasteiger partial charge in [0.15, 0.2) is 0 Å². The minimum absolute atomic E-state index is 0.130. The molecule has 124 valence electrons. The summed E-state index contributed by atoms with van der Waals surface area (Å²) < 4.78 is 0. The highest BCUT2D eigenvalue weighted by atomic mass is 35.5. The quantitative estimate of drug-likeness (QED) is 0.716. The van der Waals surface area contributed by atoms with Crippen LogP contribution < -0.4 is 5.32 Å². The zero-order valence-electron chi connectivity index (χ0n) is 12.9. The average Bonchev–Trinajstić information content (AvgIpc) is 3.04. The van der Waals surface area contributed by atoms with E-state index in [0.29, 0.717) is 27.4 Å². The largest absolute Gasteiger partial charge is 0.478 e. The zero-order valence-corrected chi connectivity index (χ0v) is 14.4. The van der Waals surface area contributed by atoms with Gasteiger partial charge in [-0.3, -0.25) is 0 Å². The van der Waals surface area contributed by atoms with Gasteiger partial charge in [-0.25, -0.2) is 4.79 Å². The third-order valence-electron chi connectivity index (χ3n) is 5.30. The Morgan fingerprint density at radius 3 is 2.67 bits per heavy atom. The van der Waals surface area contributed by atoms with E-state index in [4.69, 9.17) is 23.2 Å². The van der Waals surface area contributed by atoms with Crippen molar-refractivity contribution >= 4 is 34.9 Å². The molecule has 0 spiro atoms. The van der Waals surface area contributed by atoms with Crippen LogP contribution in [0.1, 0.15) is 52.7 Å². The predicted molar refractivity (Wildman–Crippen MR) is 96.3 cm³/mol. The van der Waals surface area contributed by atoms with E-state index < -0.39 is 5.97 Å². The van der Waals surface area contributed by atoms with E-state index in [1.807, 2.05) is 24.3 Å². The molecular formula is C19H17Cl2NO2. The molecule has 2 aromatic carbocycles. The summed E-state index contributed by atoms with van der Waals surface area (Å²) in [6, 6.07) is 11.1. The SMILES string of the molecule is O=C(O)c1ccc2c(c1)[C@@H]1CCC[C@@H]1[C@@H](c1ccc(Cl)cc1Cl)N2. The summed E-state index contributed by atoms with van der Waals surface area (Å²) in [5.41, 5.74) is 3.55. The third kappa shape index (κ3) is 2.56. The number of hydrogen-bond acceptors (Lipinski definition) is 2. The van der Waals surface area contributed by atoms with Crippen molar-refractivity contribution < 1.29 is 9.90 Å². The molecule has 2 aromatic rings. The Morgan fingerprint density at radius 1 is 1.08 bits per heavy atom. The second-order valence-corrected chi connectivity index (χ2v) is 7.44. The van der Waals surface area contributed by atoms with Crippen LogP contribution in [0.5, 0.6) is 0 Å². The maximum atomic E-state index is 11.3. The maximum Gasteiger partial charge on any atom is 0.335 e. The number of carboxylic acid groups (broad SMARTS) is 1. The number of benzene rings is 2. The van der Waals surface area contributed by atoms with E-state index in [1.54, 1.807) is 12.1 Å². The Kier molecular flexibility index (Phi) is 3.93. The highest BCUT2D eigenvalue weighted by Crippen LogP contribution is 2.53. The highest BCUT2D eigenvalue weighted by molar-refractivity contribution is 6.35. The first kappa shape index (κ1) is 15.8. The summed E-state index contributed by atoms with van der Waals surface area (Å²) in [5, 5.41) is 14.2. The lowest BCUT2D eigenvalue weighted by atomic mass is 9.77. The molecule has 3 nitrogen and oxygen atoms in total. The summed E-state index contributed by atoms with van der Waals surface area (Å²) in [5.74, 6) is -0.0901. The summed E-state index contributed by atoms with van der Waals surface area (Å²) in [6.45, 7) is 0. The highest BCUT2D eigenvalue weighted by Gasteiger charge is 2.41. The monoisotopic (exact) mass is 361 g/mol. The zero-order chi connectivity index (χ0) is 16.8. The summed E-state index contributed by atoms with van der Waals surface area (Å²) >= 11 is 12.5. The molecule has 5 heteroatoms. The molecule has 0 bridgehead atoms. The first-order valence-electron chi connectivity index (χ1n) is 8.13. The van der Waals surface area contributed by atoms with Gasteiger partial charge >= 0.3 is 5.97 Å². The van der Waals surface area contributed by atoms with Crippen molar-refractivity contribution in [2.75, 3.05) is 5.32 Å². The summed E-state index contributed by atoms with van der Waals surface area (Å²) in [7, 11) is 0. The van der Waals surface area contributed by atoms with Crippen molar-refractivity contribution in [2.24, 2.45) is 5.92 Å². The van der Waals surface area contributed by atoms with Gasteiger partial charge in [-0.2, -0.15) is 0 Å². The van der Waals surface area contributed by atoms with Gasteiger partial charge in [0.25, 0.3) is 0 Å². The van der Waals surface area contributed by atoms with E-state index in [0.717, 1.165) is 36.1 Å². The number of halogens is 2. The average molecular weight is 362 g/mol. The van der Waals surface area contributed by atoms with Gasteiger partial charge < -0.3 is 10.4 Å². The molecule has 3 atom stereocenters. The summed E-state index contributed by atoms with van der Waals surface area (Å²) in [6.07, 6.45) is 3.34. The molecule has 2 aliphatic rings. The van der Waals surface area contributed by atoms with Crippen LogP contribution in [0.2, 0.25) is 10.0 Å². The Bertz CT molecular complexity index is 821. The Morgan fingerprint density at radius 2 is 1.92 bits per heavy atom. The number of carboxylic acids is 1. The molecule has 0 amide bonds. The molecule has 0 radical (unpaired) electrons. The molecule has 4 rings (SSSR count).